The van der Waals surface area contributed by atoms with Crippen LogP contribution in [-0.2, 0) is 15.7 Å². The molecule has 0 aromatic heterocycles. The van der Waals surface area contributed by atoms with Gasteiger partial charge < -0.3 is 9.47 Å². The van der Waals surface area contributed by atoms with Crippen molar-refractivity contribution in [3.63, 3.8) is 0 Å². The van der Waals surface area contributed by atoms with Gasteiger partial charge in [-0.3, -0.25) is 14.9 Å². The molecule has 10 heteroatoms. The predicted octanol–water partition coefficient (Wildman–Crippen LogP) is 5.08. The normalized spacial score (nSPS) is 11.0. The topological polar surface area (TPSA) is 78.7 Å². The molecule has 0 unspecified atom stereocenters. The molecule has 148 valence electrons. The van der Waals surface area contributed by atoms with Gasteiger partial charge in [0.1, 0.15) is 11.5 Å². The van der Waals surface area contributed by atoms with Crippen LogP contribution < -0.4 is 4.74 Å². The average molecular weight is 413 g/mol. The van der Waals surface area contributed by atoms with Crippen LogP contribution in [0.2, 0.25) is 0 Å². The van der Waals surface area contributed by atoms with Gasteiger partial charge in [0.2, 0.25) is 0 Å². The van der Waals surface area contributed by atoms with Crippen molar-refractivity contribution >= 4 is 28.7 Å². The smallest absolute Gasteiger partial charge is 0.416 e. The van der Waals surface area contributed by atoms with Crippen LogP contribution in [0.4, 0.5) is 18.9 Å². The van der Waals surface area contributed by atoms with Crippen LogP contribution in [-0.4, -0.2) is 22.4 Å². The van der Waals surface area contributed by atoms with Gasteiger partial charge in [0.25, 0.3) is 5.69 Å². The highest BCUT2D eigenvalue weighted by Gasteiger charge is 2.30. The Bertz CT molecular complexity index is 897. The Morgan fingerprint density at radius 3 is 2.29 bits per heavy atom. The number of carbonyl (C=O) groups excluding carboxylic acids is 1. The summed E-state index contributed by atoms with van der Waals surface area (Å²) in [5, 5.41) is 11.2. The van der Waals surface area contributed by atoms with Gasteiger partial charge in [-0.2, -0.15) is 13.2 Å². The van der Waals surface area contributed by atoms with Gasteiger partial charge in [-0.15, -0.1) is 0 Å². The molecule has 0 N–H and O–H groups in total. The number of nitro benzene ring substituents is 1. The number of esters is 1. The SMILES string of the molecule is CCOC(=O)CC(=S)c1cc(Oc2ccc(C(F)(F)F)cc2)ccc1[N+](=O)[O-]. The standard InChI is InChI=1S/C18H14F3NO5S/c1-2-26-17(23)10-16(28)14-9-13(7-8-15(14)22(24)25)27-12-5-3-11(4-6-12)18(19,20)21/h3-9H,2,10H2,1H3. The molecule has 6 nitrogen and oxygen atoms in total. The quantitative estimate of drug-likeness (QED) is 0.207. The number of carbonyl (C=O) groups is 1. The van der Waals surface area contributed by atoms with Crippen molar-refractivity contribution in [1.29, 1.82) is 0 Å². The highest BCUT2D eigenvalue weighted by Crippen LogP contribution is 2.32. The summed E-state index contributed by atoms with van der Waals surface area (Å²) in [6, 6.07) is 7.65. The molecule has 0 radical (unpaired) electrons. The molecule has 0 spiro atoms. The molecule has 0 heterocycles. The van der Waals surface area contributed by atoms with E-state index in [9.17, 15) is 28.1 Å². The molecular formula is C18H14F3NO5S. The number of hydrogen-bond acceptors (Lipinski definition) is 6. The second-order valence-electron chi connectivity index (χ2n) is 5.47. The van der Waals surface area contributed by atoms with Crippen molar-refractivity contribution in [1.82, 2.24) is 0 Å². The molecule has 0 aliphatic carbocycles. The van der Waals surface area contributed by atoms with E-state index < -0.39 is 22.6 Å². The Hall–Kier alpha value is -3.01. The van der Waals surface area contributed by atoms with E-state index in [0.29, 0.717) is 0 Å². The monoisotopic (exact) mass is 413 g/mol. The molecule has 0 aliphatic heterocycles. The second-order valence-corrected chi connectivity index (χ2v) is 5.96. The fraction of sp³-hybridized carbons (Fsp3) is 0.222. The van der Waals surface area contributed by atoms with Crippen LogP contribution >= 0.6 is 12.2 Å². The van der Waals surface area contributed by atoms with E-state index in [4.69, 9.17) is 21.7 Å². The third-order valence-electron chi connectivity index (χ3n) is 3.49. The van der Waals surface area contributed by atoms with Gasteiger partial charge in [-0.05, 0) is 43.3 Å². The Labute approximate surface area is 163 Å². The minimum absolute atomic E-state index is 0.00235. The summed E-state index contributed by atoms with van der Waals surface area (Å²) < 4.78 is 48.1. The Morgan fingerprint density at radius 1 is 1.14 bits per heavy atom. The Balaban J connectivity index is 2.27. The van der Waals surface area contributed by atoms with Crippen molar-refractivity contribution in [3.8, 4) is 11.5 Å². The molecular weight excluding hydrogens is 399 g/mol. The van der Waals surface area contributed by atoms with Gasteiger partial charge in [-0.25, -0.2) is 0 Å². The third-order valence-corrected chi connectivity index (χ3v) is 3.86. The number of hydrogen-bond donors (Lipinski definition) is 0. The summed E-state index contributed by atoms with van der Waals surface area (Å²) in [6.07, 6.45) is -4.80. The summed E-state index contributed by atoms with van der Waals surface area (Å²) in [5.74, 6) is -0.411. The largest absolute Gasteiger partial charge is 0.466 e. The summed E-state index contributed by atoms with van der Waals surface area (Å²) in [7, 11) is 0. The van der Waals surface area contributed by atoms with Gasteiger partial charge in [0.05, 0.1) is 29.1 Å². The molecule has 2 aromatic rings. The maximum Gasteiger partial charge on any atom is 0.416 e. The van der Waals surface area contributed by atoms with Crippen molar-refractivity contribution < 1.29 is 32.4 Å². The molecule has 0 bridgehead atoms. The van der Waals surface area contributed by atoms with Crippen LogP contribution in [0.25, 0.3) is 0 Å². The highest BCUT2D eigenvalue weighted by atomic mass is 32.1. The minimum atomic E-state index is -4.47. The Morgan fingerprint density at radius 2 is 1.75 bits per heavy atom. The number of benzene rings is 2. The number of rotatable bonds is 7. The van der Waals surface area contributed by atoms with Gasteiger partial charge in [0, 0.05) is 10.9 Å². The molecule has 0 saturated carbocycles. The van der Waals surface area contributed by atoms with E-state index in [1.54, 1.807) is 6.92 Å². The summed E-state index contributed by atoms with van der Waals surface area (Å²) in [4.78, 5) is 22.1. The van der Waals surface area contributed by atoms with E-state index in [0.717, 1.165) is 30.3 Å². The lowest BCUT2D eigenvalue weighted by Crippen LogP contribution is -2.12. The van der Waals surface area contributed by atoms with E-state index in [-0.39, 0.29) is 40.6 Å². The number of alkyl halides is 3. The van der Waals surface area contributed by atoms with Crippen LogP contribution in [0.5, 0.6) is 11.5 Å². The van der Waals surface area contributed by atoms with Crippen LogP contribution in [0.15, 0.2) is 42.5 Å². The average Bonchev–Trinajstić information content (AvgIpc) is 2.61. The zero-order chi connectivity index (χ0) is 20.9. The second kappa shape index (κ2) is 8.79. The summed E-state index contributed by atoms with van der Waals surface area (Å²) in [6.45, 7) is 1.75. The van der Waals surface area contributed by atoms with Crippen molar-refractivity contribution in [2.24, 2.45) is 0 Å². The maximum absolute atomic E-state index is 12.6. The van der Waals surface area contributed by atoms with Crippen LogP contribution in [0.1, 0.15) is 24.5 Å². The first-order valence-corrected chi connectivity index (χ1v) is 8.35. The lowest BCUT2D eigenvalue weighted by molar-refractivity contribution is -0.385. The lowest BCUT2D eigenvalue weighted by atomic mass is 10.1. The fourth-order valence-electron chi connectivity index (χ4n) is 2.25. The minimum Gasteiger partial charge on any atom is -0.466 e. The molecule has 0 amide bonds. The number of halogens is 3. The summed E-state index contributed by atoms with van der Waals surface area (Å²) in [5.41, 5.74) is -1.16. The van der Waals surface area contributed by atoms with Gasteiger partial charge in [0.15, 0.2) is 0 Å². The van der Waals surface area contributed by atoms with Crippen molar-refractivity contribution in [2.75, 3.05) is 6.61 Å². The summed E-state index contributed by atoms with van der Waals surface area (Å²) >= 11 is 5.11. The first-order valence-electron chi connectivity index (χ1n) is 7.94. The van der Waals surface area contributed by atoms with Crippen LogP contribution in [0.3, 0.4) is 0 Å². The predicted molar refractivity (Wildman–Crippen MR) is 97.6 cm³/mol. The number of nitrogens with zero attached hydrogens (tertiary/aromatic N) is 1. The lowest BCUT2D eigenvalue weighted by Gasteiger charge is -2.11. The number of ether oxygens (including phenoxy) is 2. The first kappa shape index (κ1) is 21.3. The van der Waals surface area contributed by atoms with E-state index in [2.05, 4.69) is 0 Å². The number of nitro groups is 1. The zero-order valence-electron chi connectivity index (χ0n) is 14.5. The molecule has 28 heavy (non-hydrogen) atoms. The molecule has 0 saturated heterocycles. The highest BCUT2D eigenvalue weighted by molar-refractivity contribution is 7.81. The molecule has 2 rings (SSSR count). The van der Waals surface area contributed by atoms with E-state index in [1.807, 2.05) is 0 Å². The molecule has 2 aromatic carbocycles. The third kappa shape index (κ3) is 5.49. The molecule has 0 atom stereocenters. The molecule has 0 fully saturated rings. The van der Waals surface area contributed by atoms with Gasteiger partial charge >= 0.3 is 12.1 Å². The van der Waals surface area contributed by atoms with E-state index >= 15 is 0 Å². The van der Waals surface area contributed by atoms with Crippen molar-refractivity contribution in [3.05, 3.63) is 63.7 Å². The Kier molecular flexibility index (Phi) is 6.68. The van der Waals surface area contributed by atoms with Crippen molar-refractivity contribution in [2.45, 2.75) is 19.5 Å². The first-order chi connectivity index (χ1) is 13.1. The zero-order valence-corrected chi connectivity index (χ0v) is 15.3. The fourth-order valence-corrected chi connectivity index (χ4v) is 2.53. The van der Waals surface area contributed by atoms with E-state index in [1.165, 1.54) is 12.1 Å². The molecule has 0 aliphatic rings. The number of thiocarbonyl (C=S) groups is 1. The van der Waals surface area contributed by atoms with Crippen LogP contribution in [0, 0.1) is 10.1 Å². The maximum atomic E-state index is 12.6. The van der Waals surface area contributed by atoms with Gasteiger partial charge in [-0.1, -0.05) is 12.2 Å².